The maximum Gasteiger partial charge on any atom is 0.338 e. The van der Waals surface area contributed by atoms with Gasteiger partial charge in [0.15, 0.2) is 0 Å². The fourth-order valence-corrected chi connectivity index (χ4v) is 4.67. The van der Waals surface area contributed by atoms with Crippen molar-refractivity contribution in [3.8, 4) is 5.75 Å². The largest absolute Gasteiger partial charge is 0.494 e. The molecule has 0 bridgehead atoms. The monoisotopic (exact) mass is 484 g/mol. The molecule has 180 valence electrons. The van der Waals surface area contributed by atoms with Crippen molar-refractivity contribution in [2.75, 3.05) is 51.3 Å². The summed E-state index contributed by atoms with van der Waals surface area (Å²) < 4.78 is 10.9. The standard InChI is InChI=1S/C25H29ClN4O4/c1-3-34-21-11-7-4-8-17(21)23-22(24(31)33-2)19(27-25(32)28-23)16-29-12-14-30(15-13-29)20-10-6-5-9-18(20)26/h4-11,23H,3,12-16H2,1-2H3,(H2,27,28,32)/t23-/m1/s1. The maximum absolute atomic E-state index is 12.9. The van der Waals surface area contributed by atoms with E-state index in [0.29, 0.717) is 35.7 Å². The topological polar surface area (TPSA) is 83.1 Å². The molecule has 2 aliphatic heterocycles. The first-order valence-electron chi connectivity index (χ1n) is 11.3. The van der Waals surface area contributed by atoms with Gasteiger partial charge in [-0.1, -0.05) is 41.9 Å². The van der Waals surface area contributed by atoms with Gasteiger partial charge in [-0.3, -0.25) is 4.90 Å². The summed E-state index contributed by atoms with van der Waals surface area (Å²) in [6.45, 7) is 5.86. The third-order valence-electron chi connectivity index (χ3n) is 6.04. The number of esters is 1. The number of ether oxygens (including phenoxy) is 2. The number of hydrogen-bond acceptors (Lipinski definition) is 6. The van der Waals surface area contributed by atoms with E-state index in [2.05, 4.69) is 20.4 Å². The lowest BCUT2D eigenvalue weighted by Gasteiger charge is -2.38. The predicted octanol–water partition coefficient (Wildman–Crippen LogP) is 3.34. The van der Waals surface area contributed by atoms with Crippen molar-refractivity contribution in [3.05, 3.63) is 70.4 Å². The van der Waals surface area contributed by atoms with Crippen LogP contribution in [0.2, 0.25) is 5.02 Å². The molecule has 2 aromatic rings. The fourth-order valence-electron chi connectivity index (χ4n) is 4.41. The number of carbonyl (C=O) groups is 2. The molecule has 2 aromatic carbocycles. The van der Waals surface area contributed by atoms with Gasteiger partial charge in [0.1, 0.15) is 5.75 Å². The molecule has 0 aromatic heterocycles. The van der Waals surface area contributed by atoms with Crippen molar-refractivity contribution < 1.29 is 19.1 Å². The minimum atomic E-state index is -0.677. The van der Waals surface area contributed by atoms with Gasteiger partial charge in [0.2, 0.25) is 0 Å². The Balaban J connectivity index is 1.58. The van der Waals surface area contributed by atoms with Gasteiger partial charge >= 0.3 is 12.0 Å². The highest BCUT2D eigenvalue weighted by Crippen LogP contribution is 2.34. The van der Waals surface area contributed by atoms with Crippen molar-refractivity contribution in [1.82, 2.24) is 15.5 Å². The molecule has 1 saturated heterocycles. The van der Waals surface area contributed by atoms with E-state index in [4.69, 9.17) is 21.1 Å². The van der Waals surface area contributed by atoms with E-state index in [-0.39, 0.29) is 6.03 Å². The second-order valence-corrected chi connectivity index (χ2v) is 8.51. The molecule has 0 radical (unpaired) electrons. The Morgan fingerprint density at radius 3 is 2.50 bits per heavy atom. The van der Waals surface area contributed by atoms with Gasteiger partial charge in [0, 0.05) is 44.0 Å². The third kappa shape index (κ3) is 5.13. The Labute approximate surface area is 204 Å². The molecule has 0 unspecified atom stereocenters. The molecule has 0 aliphatic carbocycles. The molecular formula is C25H29ClN4O4. The highest BCUT2D eigenvalue weighted by atomic mass is 35.5. The zero-order valence-corrected chi connectivity index (χ0v) is 20.1. The van der Waals surface area contributed by atoms with Crippen LogP contribution in [0.5, 0.6) is 5.75 Å². The first-order chi connectivity index (χ1) is 16.5. The minimum absolute atomic E-state index is 0.367. The van der Waals surface area contributed by atoms with Crippen LogP contribution in [0.25, 0.3) is 0 Å². The van der Waals surface area contributed by atoms with Gasteiger partial charge in [0.05, 0.1) is 36.0 Å². The average Bonchev–Trinajstić information content (AvgIpc) is 2.85. The lowest BCUT2D eigenvalue weighted by Crippen LogP contribution is -2.51. The van der Waals surface area contributed by atoms with Crippen LogP contribution in [0, 0.1) is 0 Å². The van der Waals surface area contributed by atoms with Crippen molar-refractivity contribution >= 4 is 29.3 Å². The number of methoxy groups -OCH3 is 1. The zero-order chi connectivity index (χ0) is 24.1. The minimum Gasteiger partial charge on any atom is -0.494 e. The van der Waals surface area contributed by atoms with Gasteiger partial charge in [-0.2, -0.15) is 0 Å². The molecule has 8 nitrogen and oxygen atoms in total. The van der Waals surface area contributed by atoms with Crippen LogP contribution in [0.4, 0.5) is 10.5 Å². The number of para-hydroxylation sites is 2. The Morgan fingerprint density at radius 1 is 1.09 bits per heavy atom. The lowest BCUT2D eigenvalue weighted by molar-refractivity contribution is -0.136. The maximum atomic E-state index is 12.9. The third-order valence-corrected chi connectivity index (χ3v) is 6.36. The normalized spacial score (nSPS) is 18.9. The Kier molecular flexibility index (Phi) is 7.59. The van der Waals surface area contributed by atoms with Crippen molar-refractivity contribution in [1.29, 1.82) is 0 Å². The van der Waals surface area contributed by atoms with Crippen LogP contribution in [-0.4, -0.2) is 63.3 Å². The smallest absolute Gasteiger partial charge is 0.338 e. The number of anilines is 1. The zero-order valence-electron chi connectivity index (χ0n) is 19.3. The molecule has 4 rings (SSSR count). The highest BCUT2D eigenvalue weighted by Gasteiger charge is 2.36. The van der Waals surface area contributed by atoms with Gasteiger partial charge in [-0.25, -0.2) is 9.59 Å². The number of nitrogens with zero attached hydrogens (tertiary/aromatic N) is 2. The van der Waals surface area contributed by atoms with E-state index in [0.717, 1.165) is 36.9 Å². The number of halogens is 1. The second-order valence-electron chi connectivity index (χ2n) is 8.10. The molecule has 0 saturated carbocycles. The number of carbonyl (C=O) groups excluding carboxylic acids is 2. The van der Waals surface area contributed by atoms with E-state index in [1.54, 1.807) is 0 Å². The van der Waals surface area contributed by atoms with E-state index in [1.807, 2.05) is 55.5 Å². The summed E-state index contributed by atoms with van der Waals surface area (Å²) in [5, 5.41) is 6.44. The van der Waals surface area contributed by atoms with Gasteiger partial charge in [-0.05, 0) is 25.1 Å². The van der Waals surface area contributed by atoms with E-state index < -0.39 is 12.0 Å². The molecule has 1 fully saturated rings. The summed E-state index contributed by atoms with van der Waals surface area (Å²) in [6, 6.07) is 14.2. The molecule has 2 aliphatic rings. The Hall–Kier alpha value is -3.23. The van der Waals surface area contributed by atoms with E-state index in [9.17, 15) is 9.59 Å². The van der Waals surface area contributed by atoms with Crippen LogP contribution in [0.1, 0.15) is 18.5 Å². The summed E-state index contributed by atoms with van der Waals surface area (Å²) in [5.74, 6) is 0.125. The predicted molar refractivity (Wildman–Crippen MR) is 131 cm³/mol. The molecule has 9 heteroatoms. The number of piperazine rings is 1. The van der Waals surface area contributed by atoms with Crippen molar-refractivity contribution in [3.63, 3.8) is 0 Å². The van der Waals surface area contributed by atoms with E-state index in [1.165, 1.54) is 7.11 Å². The molecule has 2 N–H and O–H groups in total. The van der Waals surface area contributed by atoms with E-state index >= 15 is 0 Å². The van der Waals surface area contributed by atoms with Crippen molar-refractivity contribution in [2.24, 2.45) is 0 Å². The molecule has 0 spiro atoms. The fraction of sp³-hybridized carbons (Fsp3) is 0.360. The lowest BCUT2D eigenvalue weighted by atomic mass is 9.94. The summed E-state index contributed by atoms with van der Waals surface area (Å²) in [4.78, 5) is 30.0. The number of urea groups is 1. The number of amides is 2. The SMILES string of the molecule is CCOc1ccccc1[C@H]1NC(=O)NC(CN2CCN(c3ccccc3Cl)CC2)=C1C(=O)OC. The molecular weight excluding hydrogens is 456 g/mol. The van der Waals surface area contributed by atoms with Gasteiger partial charge < -0.3 is 25.0 Å². The quantitative estimate of drug-likeness (QED) is 0.586. The van der Waals surface area contributed by atoms with Gasteiger partial charge in [-0.15, -0.1) is 0 Å². The van der Waals surface area contributed by atoms with Crippen LogP contribution in [0.15, 0.2) is 59.8 Å². The Morgan fingerprint density at radius 2 is 1.79 bits per heavy atom. The summed E-state index contributed by atoms with van der Waals surface area (Å²) in [6.07, 6.45) is 0. The molecule has 2 heterocycles. The van der Waals surface area contributed by atoms with Crippen LogP contribution in [0.3, 0.4) is 0 Å². The first kappa shape index (κ1) is 23.9. The van der Waals surface area contributed by atoms with Gasteiger partial charge in [0.25, 0.3) is 0 Å². The summed E-state index contributed by atoms with van der Waals surface area (Å²) in [5.41, 5.74) is 2.64. The van der Waals surface area contributed by atoms with Crippen LogP contribution >= 0.6 is 11.6 Å². The van der Waals surface area contributed by atoms with Crippen LogP contribution < -0.4 is 20.3 Å². The second kappa shape index (κ2) is 10.8. The number of hydrogen-bond donors (Lipinski definition) is 2. The van der Waals surface area contributed by atoms with Crippen LogP contribution in [-0.2, 0) is 9.53 Å². The first-order valence-corrected chi connectivity index (χ1v) is 11.7. The van der Waals surface area contributed by atoms with Crippen molar-refractivity contribution in [2.45, 2.75) is 13.0 Å². The number of nitrogens with one attached hydrogen (secondary N) is 2. The Bertz CT molecular complexity index is 1080. The molecule has 2 amide bonds. The average molecular weight is 485 g/mol. The highest BCUT2D eigenvalue weighted by molar-refractivity contribution is 6.33. The summed E-state index contributed by atoms with van der Waals surface area (Å²) in [7, 11) is 1.34. The number of rotatable bonds is 7. The molecule has 1 atom stereocenters. The number of benzene rings is 2. The molecule has 34 heavy (non-hydrogen) atoms. The summed E-state index contributed by atoms with van der Waals surface area (Å²) >= 11 is 6.37.